The van der Waals surface area contributed by atoms with E-state index in [9.17, 15) is 9.59 Å². The standard InChI is InChI=1S/C14H18N2O3/c1-15-12(17)5-7-14(15)6-3-8-16(10-14)13(18)11-4-2-9-19-11/h2,4,9H,3,5-8,10H2,1H3/t14-/m1/s1. The third-order valence-electron chi connectivity index (χ3n) is 4.46. The molecular weight excluding hydrogens is 244 g/mol. The van der Waals surface area contributed by atoms with Crippen LogP contribution < -0.4 is 0 Å². The summed E-state index contributed by atoms with van der Waals surface area (Å²) in [6.45, 7) is 1.36. The summed E-state index contributed by atoms with van der Waals surface area (Å²) in [6, 6.07) is 3.41. The fraction of sp³-hybridized carbons (Fsp3) is 0.571. The van der Waals surface area contributed by atoms with E-state index < -0.39 is 0 Å². The highest BCUT2D eigenvalue weighted by Crippen LogP contribution is 2.37. The molecule has 1 atom stereocenters. The number of likely N-dealkylation sites (N-methyl/N-ethyl adjacent to an activating group) is 1. The maximum Gasteiger partial charge on any atom is 0.289 e. The first kappa shape index (κ1) is 12.3. The van der Waals surface area contributed by atoms with Gasteiger partial charge < -0.3 is 14.2 Å². The minimum Gasteiger partial charge on any atom is -0.459 e. The number of furan rings is 1. The second-order valence-corrected chi connectivity index (χ2v) is 5.48. The molecular formula is C14H18N2O3. The minimum atomic E-state index is -0.155. The van der Waals surface area contributed by atoms with Crippen molar-refractivity contribution in [2.24, 2.45) is 0 Å². The maximum absolute atomic E-state index is 12.3. The van der Waals surface area contributed by atoms with Crippen molar-refractivity contribution < 1.29 is 14.0 Å². The Labute approximate surface area is 112 Å². The lowest BCUT2D eigenvalue weighted by atomic mass is 9.86. The quantitative estimate of drug-likeness (QED) is 0.770. The van der Waals surface area contributed by atoms with Crippen molar-refractivity contribution in [1.82, 2.24) is 9.80 Å². The van der Waals surface area contributed by atoms with Crippen molar-refractivity contribution in [3.8, 4) is 0 Å². The Morgan fingerprint density at radius 1 is 1.42 bits per heavy atom. The first-order valence-corrected chi connectivity index (χ1v) is 6.72. The molecule has 5 nitrogen and oxygen atoms in total. The van der Waals surface area contributed by atoms with Crippen molar-refractivity contribution in [2.75, 3.05) is 20.1 Å². The molecule has 0 saturated carbocycles. The maximum atomic E-state index is 12.3. The topological polar surface area (TPSA) is 53.8 Å². The summed E-state index contributed by atoms with van der Waals surface area (Å²) in [5, 5.41) is 0. The Hall–Kier alpha value is -1.78. The third-order valence-corrected chi connectivity index (χ3v) is 4.46. The molecule has 2 amide bonds. The van der Waals surface area contributed by atoms with Gasteiger partial charge in [0.25, 0.3) is 5.91 Å². The smallest absolute Gasteiger partial charge is 0.289 e. The molecule has 1 aromatic rings. The largest absolute Gasteiger partial charge is 0.459 e. The van der Waals surface area contributed by atoms with Crippen LogP contribution in [0.4, 0.5) is 0 Å². The predicted molar refractivity (Wildman–Crippen MR) is 68.6 cm³/mol. The number of hydrogen-bond donors (Lipinski definition) is 0. The van der Waals surface area contributed by atoms with Crippen LogP contribution in [0, 0.1) is 0 Å². The van der Waals surface area contributed by atoms with Gasteiger partial charge in [0, 0.05) is 26.6 Å². The number of rotatable bonds is 1. The summed E-state index contributed by atoms with van der Waals surface area (Å²) in [5.41, 5.74) is -0.155. The van der Waals surface area contributed by atoms with Gasteiger partial charge in [-0.1, -0.05) is 0 Å². The van der Waals surface area contributed by atoms with Crippen LogP contribution in [-0.4, -0.2) is 47.3 Å². The lowest BCUT2D eigenvalue weighted by Gasteiger charge is -2.44. The van der Waals surface area contributed by atoms with E-state index >= 15 is 0 Å². The first-order chi connectivity index (χ1) is 9.12. The predicted octanol–water partition coefficient (Wildman–Crippen LogP) is 1.51. The van der Waals surface area contributed by atoms with Gasteiger partial charge in [-0.15, -0.1) is 0 Å². The van der Waals surface area contributed by atoms with E-state index in [1.807, 2.05) is 16.8 Å². The number of hydrogen-bond acceptors (Lipinski definition) is 3. The van der Waals surface area contributed by atoms with Gasteiger partial charge in [-0.25, -0.2) is 0 Å². The monoisotopic (exact) mass is 262 g/mol. The zero-order valence-electron chi connectivity index (χ0n) is 11.1. The molecule has 0 bridgehead atoms. The molecule has 1 aromatic heterocycles. The fourth-order valence-corrected chi connectivity index (χ4v) is 3.26. The van der Waals surface area contributed by atoms with Gasteiger partial charge >= 0.3 is 0 Å². The average molecular weight is 262 g/mol. The van der Waals surface area contributed by atoms with Crippen LogP contribution in [0.5, 0.6) is 0 Å². The molecule has 102 valence electrons. The highest BCUT2D eigenvalue weighted by Gasteiger charge is 2.46. The van der Waals surface area contributed by atoms with E-state index in [2.05, 4.69) is 0 Å². The van der Waals surface area contributed by atoms with E-state index in [0.717, 1.165) is 25.8 Å². The summed E-state index contributed by atoms with van der Waals surface area (Å²) in [7, 11) is 1.86. The highest BCUT2D eigenvalue weighted by molar-refractivity contribution is 5.91. The molecule has 3 rings (SSSR count). The summed E-state index contributed by atoms with van der Waals surface area (Å²) in [6.07, 6.45) is 4.88. The van der Waals surface area contributed by atoms with Gasteiger partial charge in [0.2, 0.25) is 5.91 Å². The van der Waals surface area contributed by atoms with E-state index in [0.29, 0.717) is 18.7 Å². The van der Waals surface area contributed by atoms with Crippen molar-refractivity contribution in [3.63, 3.8) is 0 Å². The zero-order valence-corrected chi connectivity index (χ0v) is 11.1. The molecule has 2 aliphatic heterocycles. The van der Waals surface area contributed by atoms with Crippen molar-refractivity contribution in [2.45, 2.75) is 31.2 Å². The number of likely N-dealkylation sites (tertiary alicyclic amines) is 2. The normalized spacial score (nSPS) is 27.3. The molecule has 0 radical (unpaired) electrons. The number of carbonyl (C=O) groups is 2. The van der Waals surface area contributed by atoms with E-state index in [4.69, 9.17) is 4.42 Å². The van der Waals surface area contributed by atoms with Crippen LogP contribution in [0.3, 0.4) is 0 Å². The van der Waals surface area contributed by atoms with Gasteiger partial charge in [0.1, 0.15) is 0 Å². The number of piperidine rings is 1. The Morgan fingerprint density at radius 3 is 2.89 bits per heavy atom. The Balaban J connectivity index is 1.79. The van der Waals surface area contributed by atoms with E-state index in [1.54, 1.807) is 12.1 Å². The second kappa shape index (κ2) is 4.40. The lowest BCUT2D eigenvalue weighted by Crippen LogP contribution is -2.56. The summed E-state index contributed by atoms with van der Waals surface area (Å²) in [4.78, 5) is 27.7. The van der Waals surface area contributed by atoms with Crippen LogP contribution in [0.1, 0.15) is 36.2 Å². The Morgan fingerprint density at radius 2 is 2.26 bits per heavy atom. The van der Waals surface area contributed by atoms with Gasteiger partial charge in [0.05, 0.1) is 11.8 Å². The average Bonchev–Trinajstić information content (AvgIpc) is 3.04. The van der Waals surface area contributed by atoms with Gasteiger partial charge in [0.15, 0.2) is 5.76 Å². The minimum absolute atomic E-state index is 0.0724. The van der Waals surface area contributed by atoms with Gasteiger partial charge in [-0.05, 0) is 31.4 Å². The van der Waals surface area contributed by atoms with Crippen LogP contribution in [0.2, 0.25) is 0 Å². The number of carbonyl (C=O) groups excluding carboxylic acids is 2. The molecule has 0 unspecified atom stereocenters. The molecule has 5 heteroatoms. The Bertz CT molecular complexity index is 497. The summed E-state index contributed by atoms with van der Waals surface area (Å²) in [5.74, 6) is 0.494. The summed E-state index contributed by atoms with van der Waals surface area (Å²) >= 11 is 0. The molecule has 0 aromatic carbocycles. The van der Waals surface area contributed by atoms with Crippen molar-refractivity contribution >= 4 is 11.8 Å². The molecule has 2 saturated heterocycles. The van der Waals surface area contributed by atoms with Gasteiger partial charge in [-0.3, -0.25) is 9.59 Å². The van der Waals surface area contributed by atoms with Crippen molar-refractivity contribution in [1.29, 1.82) is 0 Å². The Kier molecular flexibility index (Phi) is 2.84. The SMILES string of the molecule is CN1C(=O)CC[C@@]12CCCN(C(=O)c1ccco1)C2. The van der Waals surface area contributed by atoms with Gasteiger partial charge in [-0.2, -0.15) is 0 Å². The number of nitrogens with zero attached hydrogens (tertiary/aromatic N) is 2. The highest BCUT2D eigenvalue weighted by atomic mass is 16.3. The first-order valence-electron chi connectivity index (χ1n) is 6.72. The van der Waals surface area contributed by atoms with Crippen molar-refractivity contribution in [3.05, 3.63) is 24.2 Å². The van der Waals surface area contributed by atoms with Crippen LogP contribution in [0.25, 0.3) is 0 Å². The van der Waals surface area contributed by atoms with Crippen LogP contribution >= 0.6 is 0 Å². The lowest BCUT2D eigenvalue weighted by molar-refractivity contribution is -0.130. The number of amides is 2. The molecule has 19 heavy (non-hydrogen) atoms. The second-order valence-electron chi connectivity index (χ2n) is 5.48. The third kappa shape index (κ3) is 1.93. The molecule has 1 spiro atoms. The fourth-order valence-electron chi connectivity index (χ4n) is 3.26. The molecule has 0 aliphatic carbocycles. The zero-order chi connectivity index (χ0) is 13.5. The molecule has 3 heterocycles. The molecule has 2 aliphatic rings. The van der Waals surface area contributed by atoms with Crippen LogP contribution in [-0.2, 0) is 4.79 Å². The molecule has 0 N–H and O–H groups in total. The molecule has 2 fully saturated rings. The van der Waals surface area contributed by atoms with E-state index in [-0.39, 0.29) is 17.4 Å². The van der Waals surface area contributed by atoms with E-state index in [1.165, 1.54) is 6.26 Å². The summed E-state index contributed by atoms with van der Waals surface area (Å²) < 4.78 is 5.18. The van der Waals surface area contributed by atoms with Crippen LogP contribution in [0.15, 0.2) is 22.8 Å².